The van der Waals surface area contributed by atoms with Gasteiger partial charge in [-0.05, 0) is 43.2 Å². The summed E-state index contributed by atoms with van der Waals surface area (Å²) in [5, 5.41) is 2.77. The Balaban J connectivity index is 1.82. The zero-order chi connectivity index (χ0) is 15.9. The van der Waals surface area contributed by atoms with Crippen molar-refractivity contribution in [2.24, 2.45) is 0 Å². The number of benzene rings is 1. The Labute approximate surface area is 127 Å². The minimum atomic E-state index is -2.83. The van der Waals surface area contributed by atoms with Crippen LogP contribution in [-0.2, 0) is 6.42 Å². The van der Waals surface area contributed by atoms with Gasteiger partial charge in [-0.1, -0.05) is 18.2 Å². The van der Waals surface area contributed by atoms with Crippen molar-refractivity contribution in [3.05, 3.63) is 59.4 Å². The number of alkyl halides is 2. The molecule has 0 spiro atoms. The van der Waals surface area contributed by atoms with Crippen LogP contribution in [-0.4, -0.2) is 24.0 Å². The second kappa shape index (κ2) is 7.49. The van der Waals surface area contributed by atoms with E-state index >= 15 is 0 Å². The number of carbonyl (C=O) groups is 1. The van der Waals surface area contributed by atoms with Gasteiger partial charge >= 0.3 is 6.61 Å². The zero-order valence-electron chi connectivity index (χ0n) is 12.1. The minimum absolute atomic E-state index is 0.117. The van der Waals surface area contributed by atoms with Crippen LogP contribution < -0.4 is 10.1 Å². The van der Waals surface area contributed by atoms with Crippen molar-refractivity contribution in [1.82, 2.24) is 10.3 Å². The fourth-order valence-electron chi connectivity index (χ4n) is 1.92. The first kappa shape index (κ1) is 15.9. The Morgan fingerprint density at radius 2 is 1.95 bits per heavy atom. The molecule has 0 radical (unpaired) electrons. The van der Waals surface area contributed by atoms with E-state index in [1.807, 2.05) is 13.0 Å². The number of carbonyl (C=O) groups excluding carboxylic acids is 1. The molecular weight excluding hydrogens is 290 g/mol. The van der Waals surface area contributed by atoms with Gasteiger partial charge in [-0.25, -0.2) is 4.98 Å². The van der Waals surface area contributed by atoms with Crippen LogP contribution in [0.5, 0.6) is 5.75 Å². The standard InChI is InChI=1S/C16H16F2N2O2/c1-11-3-2-4-14(20-11)15(21)19-10-9-12-5-7-13(8-6-12)22-16(17)18/h2-8,16H,9-10H2,1H3,(H,19,21). The molecule has 0 aliphatic carbocycles. The number of hydrogen-bond acceptors (Lipinski definition) is 3. The Bertz CT molecular complexity index is 630. The second-order valence-electron chi connectivity index (χ2n) is 4.69. The molecular formula is C16H16F2N2O2. The molecule has 0 bridgehead atoms. The van der Waals surface area contributed by atoms with Crippen LogP contribution in [0.4, 0.5) is 8.78 Å². The van der Waals surface area contributed by atoms with Crippen LogP contribution in [0.15, 0.2) is 42.5 Å². The van der Waals surface area contributed by atoms with Gasteiger partial charge in [-0.2, -0.15) is 8.78 Å². The number of aryl methyl sites for hydroxylation is 1. The lowest BCUT2D eigenvalue weighted by molar-refractivity contribution is -0.0498. The maximum atomic E-state index is 12.0. The fourth-order valence-corrected chi connectivity index (χ4v) is 1.92. The molecule has 1 amide bonds. The average Bonchev–Trinajstić information content (AvgIpc) is 2.48. The van der Waals surface area contributed by atoms with Gasteiger partial charge in [-0.3, -0.25) is 4.79 Å². The summed E-state index contributed by atoms with van der Waals surface area (Å²) < 4.78 is 28.3. The number of ether oxygens (including phenoxy) is 1. The molecule has 0 aliphatic rings. The van der Waals surface area contributed by atoms with Crippen LogP contribution in [0.1, 0.15) is 21.7 Å². The van der Waals surface area contributed by atoms with Gasteiger partial charge < -0.3 is 10.1 Å². The van der Waals surface area contributed by atoms with Crippen LogP contribution in [0.3, 0.4) is 0 Å². The van der Waals surface area contributed by atoms with E-state index in [0.717, 1.165) is 11.3 Å². The van der Waals surface area contributed by atoms with Gasteiger partial charge in [0.25, 0.3) is 5.91 Å². The zero-order valence-corrected chi connectivity index (χ0v) is 12.1. The van der Waals surface area contributed by atoms with Gasteiger partial charge in [0.2, 0.25) is 0 Å². The molecule has 116 valence electrons. The quantitative estimate of drug-likeness (QED) is 0.892. The fraction of sp³-hybridized carbons (Fsp3) is 0.250. The van der Waals surface area contributed by atoms with Crippen LogP contribution >= 0.6 is 0 Å². The molecule has 0 aliphatic heterocycles. The lowest BCUT2D eigenvalue weighted by atomic mass is 10.1. The molecule has 4 nitrogen and oxygen atoms in total. The highest BCUT2D eigenvalue weighted by molar-refractivity contribution is 5.92. The van der Waals surface area contributed by atoms with Crippen molar-refractivity contribution in [3.63, 3.8) is 0 Å². The summed E-state index contributed by atoms with van der Waals surface area (Å²) in [6, 6.07) is 11.6. The predicted octanol–water partition coefficient (Wildman–Crippen LogP) is 2.96. The van der Waals surface area contributed by atoms with Crippen molar-refractivity contribution in [1.29, 1.82) is 0 Å². The monoisotopic (exact) mass is 306 g/mol. The summed E-state index contributed by atoms with van der Waals surface area (Å²) in [5.41, 5.74) is 2.07. The summed E-state index contributed by atoms with van der Waals surface area (Å²) >= 11 is 0. The highest BCUT2D eigenvalue weighted by Gasteiger charge is 2.07. The van der Waals surface area contributed by atoms with E-state index < -0.39 is 6.61 Å². The van der Waals surface area contributed by atoms with E-state index in [2.05, 4.69) is 15.0 Å². The molecule has 2 aromatic rings. The first-order valence-electron chi connectivity index (χ1n) is 6.80. The lowest BCUT2D eigenvalue weighted by Gasteiger charge is -2.07. The molecule has 1 heterocycles. The van der Waals surface area contributed by atoms with Gasteiger partial charge in [0, 0.05) is 12.2 Å². The van der Waals surface area contributed by atoms with E-state index in [1.54, 1.807) is 24.3 Å². The maximum Gasteiger partial charge on any atom is 0.387 e. The smallest absolute Gasteiger partial charge is 0.387 e. The van der Waals surface area contributed by atoms with E-state index in [-0.39, 0.29) is 11.7 Å². The number of aromatic nitrogens is 1. The Morgan fingerprint density at radius 3 is 2.59 bits per heavy atom. The van der Waals surface area contributed by atoms with E-state index in [4.69, 9.17) is 0 Å². The van der Waals surface area contributed by atoms with Gasteiger partial charge in [0.1, 0.15) is 11.4 Å². The third kappa shape index (κ3) is 4.80. The third-order valence-electron chi connectivity index (χ3n) is 2.97. The normalized spacial score (nSPS) is 10.5. The molecule has 22 heavy (non-hydrogen) atoms. The topological polar surface area (TPSA) is 51.2 Å². The number of nitrogens with one attached hydrogen (secondary N) is 1. The predicted molar refractivity (Wildman–Crippen MR) is 78.1 cm³/mol. The Kier molecular flexibility index (Phi) is 5.41. The largest absolute Gasteiger partial charge is 0.435 e. The van der Waals surface area contributed by atoms with Crippen molar-refractivity contribution in [3.8, 4) is 5.75 Å². The van der Waals surface area contributed by atoms with E-state index in [1.165, 1.54) is 12.1 Å². The number of halogens is 2. The molecule has 2 rings (SSSR count). The first-order valence-corrected chi connectivity index (χ1v) is 6.80. The molecule has 0 fully saturated rings. The summed E-state index contributed by atoms with van der Waals surface area (Å²) in [7, 11) is 0. The molecule has 6 heteroatoms. The number of amides is 1. The molecule has 0 unspecified atom stereocenters. The lowest BCUT2D eigenvalue weighted by Crippen LogP contribution is -2.26. The third-order valence-corrected chi connectivity index (χ3v) is 2.97. The van der Waals surface area contributed by atoms with Crippen molar-refractivity contribution in [2.75, 3.05) is 6.54 Å². The average molecular weight is 306 g/mol. The molecule has 1 aromatic carbocycles. The van der Waals surface area contributed by atoms with Crippen molar-refractivity contribution >= 4 is 5.91 Å². The number of rotatable bonds is 6. The first-order chi connectivity index (χ1) is 10.5. The van der Waals surface area contributed by atoms with Crippen LogP contribution in [0.25, 0.3) is 0 Å². The molecule has 1 aromatic heterocycles. The van der Waals surface area contributed by atoms with Gasteiger partial charge in [-0.15, -0.1) is 0 Å². The number of pyridine rings is 1. The Morgan fingerprint density at radius 1 is 1.23 bits per heavy atom. The highest BCUT2D eigenvalue weighted by Crippen LogP contribution is 2.15. The molecule has 1 N–H and O–H groups in total. The SMILES string of the molecule is Cc1cccc(C(=O)NCCc2ccc(OC(F)F)cc2)n1. The van der Waals surface area contributed by atoms with Gasteiger partial charge in [0.15, 0.2) is 0 Å². The van der Waals surface area contributed by atoms with E-state index in [9.17, 15) is 13.6 Å². The van der Waals surface area contributed by atoms with E-state index in [0.29, 0.717) is 18.7 Å². The van der Waals surface area contributed by atoms with Crippen LogP contribution in [0.2, 0.25) is 0 Å². The number of hydrogen-bond donors (Lipinski definition) is 1. The summed E-state index contributed by atoms with van der Waals surface area (Å²) in [6.07, 6.45) is 0.590. The molecule has 0 saturated heterocycles. The summed E-state index contributed by atoms with van der Waals surface area (Å²) in [6.45, 7) is -0.574. The molecule has 0 saturated carbocycles. The second-order valence-corrected chi connectivity index (χ2v) is 4.69. The number of nitrogens with zero attached hydrogens (tertiary/aromatic N) is 1. The summed E-state index contributed by atoms with van der Waals surface area (Å²) in [5.74, 6) is -0.117. The summed E-state index contributed by atoms with van der Waals surface area (Å²) in [4.78, 5) is 16.0. The minimum Gasteiger partial charge on any atom is -0.435 e. The highest BCUT2D eigenvalue weighted by atomic mass is 19.3. The molecule has 0 atom stereocenters. The maximum absolute atomic E-state index is 12.0. The van der Waals surface area contributed by atoms with Crippen molar-refractivity contribution < 1.29 is 18.3 Å². The van der Waals surface area contributed by atoms with Gasteiger partial charge in [0.05, 0.1) is 0 Å². The van der Waals surface area contributed by atoms with Crippen molar-refractivity contribution in [2.45, 2.75) is 20.0 Å². The Hall–Kier alpha value is -2.50. The van der Waals surface area contributed by atoms with Crippen LogP contribution in [0, 0.1) is 6.92 Å².